The van der Waals surface area contributed by atoms with Gasteiger partial charge in [0, 0.05) is 16.2 Å². The highest BCUT2D eigenvalue weighted by Gasteiger charge is 2.09. The van der Waals surface area contributed by atoms with Crippen LogP contribution >= 0.6 is 23.4 Å². The maximum atomic E-state index is 6.25. The zero-order valence-corrected chi connectivity index (χ0v) is 15.4. The first-order valence-electron chi connectivity index (χ1n) is 8.19. The van der Waals surface area contributed by atoms with Gasteiger partial charge in [-0.2, -0.15) is 0 Å². The van der Waals surface area contributed by atoms with E-state index in [-0.39, 0.29) is 0 Å². The average molecular weight is 382 g/mol. The predicted molar refractivity (Wildman–Crippen MR) is 107 cm³/mol. The van der Waals surface area contributed by atoms with Crippen molar-refractivity contribution in [2.45, 2.75) is 17.5 Å². The third kappa shape index (κ3) is 3.84. The summed E-state index contributed by atoms with van der Waals surface area (Å²) in [6.45, 7) is 0.572. The molecule has 0 spiro atoms. The summed E-state index contributed by atoms with van der Waals surface area (Å²) in [6, 6.07) is 19.6. The molecule has 4 nitrogen and oxygen atoms in total. The molecule has 0 saturated carbocycles. The Hall–Kier alpha value is -2.50. The van der Waals surface area contributed by atoms with E-state index in [1.807, 2.05) is 60.7 Å². The van der Waals surface area contributed by atoms with E-state index in [0.717, 1.165) is 38.8 Å². The molecule has 130 valence electrons. The predicted octanol–water partition coefficient (Wildman–Crippen LogP) is 5.78. The van der Waals surface area contributed by atoms with Crippen molar-refractivity contribution in [2.24, 2.45) is 0 Å². The minimum atomic E-state index is 0.572. The van der Waals surface area contributed by atoms with Gasteiger partial charge < -0.3 is 9.73 Å². The van der Waals surface area contributed by atoms with Gasteiger partial charge in [0.15, 0.2) is 5.16 Å². The van der Waals surface area contributed by atoms with Crippen LogP contribution in [0.25, 0.3) is 10.9 Å². The van der Waals surface area contributed by atoms with Crippen LogP contribution < -0.4 is 5.32 Å². The number of fused-ring (bicyclic) bond motifs is 1. The van der Waals surface area contributed by atoms with Crippen LogP contribution in [-0.2, 0) is 12.3 Å². The molecule has 2 aromatic heterocycles. The van der Waals surface area contributed by atoms with Crippen LogP contribution in [0.1, 0.15) is 11.3 Å². The Labute approximate surface area is 160 Å². The minimum absolute atomic E-state index is 0.572. The number of furan rings is 1. The Morgan fingerprint density at radius 2 is 1.81 bits per heavy atom. The molecule has 0 amide bonds. The van der Waals surface area contributed by atoms with Crippen molar-refractivity contribution in [3.63, 3.8) is 0 Å². The van der Waals surface area contributed by atoms with Gasteiger partial charge in [-0.05, 0) is 35.9 Å². The molecule has 0 saturated heterocycles. The van der Waals surface area contributed by atoms with E-state index in [1.54, 1.807) is 18.0 Å². The van der Waals surface area contributed by atoms with Crippen LogP contribution in [0.3, 0.4) is 0 Å². The first-order chi connectivity index (χ1) is 12.8. The van der Waals surface area contributed by atoms with Gasteiger partial charge in [-0.15, -0.1) is 0 Å². The third-order valence-electron chi connectivity index (χ3n) is 3.91. The highest BCUT2D eigenvalue weighted by atomic mass is 35.5. The standard InChI is InChI=1S/C20H16ClN3OS/c21-17-9-3-1-6-14(17)13-26-20-23-18-10-4-2-8-16(18)19(24-20)22-12-15-7-5-11-25-15/h1-11H,12-13H2,(H,22,23,24). The van der Waals surface area contributed by atoms with Crippen molar-refractivity contribution in [3.05, 3.63) is 83.3 Å². The summed E-state index contributed by atoms with van der Waals surface area (Å²) in [4.78, 5) is 9.37. The molecule has 1 N–H and O–H groups in total. The Kier molecular flexibility index (Phi) is 5.09. The van der Waals surface area contributed by atoms with E-state index in [9.17, 15) is 0 Å². The summed E-state index contributed by atoms with van der Waals surface area (Å²) in [5.41, 5.74) is 1.98. The maximum absolute atomic E-state index is 6.25. The van der Waals surface area contributed by atoms with Crippen LogP contribution in [0.4, 0.5) is 5.82 Å². The molecule has 4 aromatic rings. The number of hydrogen-bond acceptors (Lipinski definition) is 5. The number of para-hydroxylation sites is 1. The molecule has 4 rings (SSSR count). The van der Waals surface area contributed by atoms with Gasteiger partial charge >= 0.3 is 0 Å². The SMILES string of the molecule is Clc1ccccc1CSc1nc(NCc2ccco2)c2ccccc2n1. The van der Waals surface area contributed by atoms with Crippen LogP contribution in [0, 0.1) is 0 Å². The molecule has 0 aliphatic carbocycles. The Morgan fingerprint density at radius 3 is 2.65 bits per heavy atom. The van der Waals surface area contributed by atoms with E-state index in [0.29, 0.717) is 11.7 Å². The molecule has 0 aliphatic rings. The smallest absolute Gasteiger partial charge is 0.190 e. The summed E-state index contributed by atoms with van der Waals surface area (Å²) in [6.07, 6.45) is 1.67. The fourth-order valence-corrected chi connectivity index (χ4v) is 3.73. The number of rotatable bonds is 6. The summed E-state index contributed by atoms with van der Waals surface area (Å²) in [7, 11) is 0. The number of nitrogens with zero attached hydrogens (tertiary/aromatic N) is 2. The van der Waals surface area contributed by atoms with E-state index in [1.165, 1.54) is 0 Å². The lowest BCUT2D eigenvalue weighted by molar-refractivity contribution is 0.518. The maximum Gasteiger partial charge on any atom is 0.190 e. The number of benzene rings is 2. The van der Waals surface area contributed by atoms with Gasteiger partial charge in [-0.1, -0.05) is 53.7 Å². The lowest BCUT2D eigenvalue weighted by atomic mass is 10.2. The molecule has 0 fully saturated rings. The number of aromatic nitrogens is 2. The van der Waals surface area contributed by atoms with E-state index in [2.05, 4.69) is 10.3 Å². The first kappa shape index (κ1) is 16.9. The number of halogens is 1. The molecular weight excluding hydrogens is 366 g/mol. The minimum Gasteiger partial charge on any atom is -0.467 e. The zero-order chi connectivity index (χ0) is 17.8. The lowest BCUT2D eigenvalue weighted by Crippen LogP contribution is -2.03. The Bertz CT molecular complexity index is 1020. The van der Waals surface area contributed by atoms with Crippen molar-refractivity contribution in [1.82, 2.24) is 9.97 Å². The van der Waals surface area contributed by atoms with Gasteiger partial charge in [0.25, 0.3) is 0 Å². The number of thioether (sulfide) groups is 1. The second-order valence-corrected chi connectivity index (χ2v) is 7.03. The summed E-state index contributed by atoms with van der Waals surface area (Å²) < 4.78 is 5.39. The zero-order valence-electron chi connectivity index (χ0n) is 13.9. The second-order valence-electron chi connectivity index (χ2n) is 5.68. The van der Waals surface area contributed by atoms with Gasteiger partial charge in [-0.25, -0.2) is 9.97 Å². The molecule has 2 heterocycles. The molecule has 6 heteroatoms. The molecule has 0 aliphatic heterocycles. The second kappa shape index (κ2) is 7.81. The van der Waals surface area contributed by atoms with Crippen molar-refractivity contribution in [3.8, 4) is 0 Å². The van der Waals surface area contributed by atoms with Gasteiger partial charge in [-0.3, -0.25) is 0 Å². The molecule has 0 unspecified atom stereocenters. The first-order valence-corrected chi connectivity index (χ1v) is 9.55. The number of hydrogen-bond donors (Lipinski definition) is 1. The van der Waals surface area contributed by atoms with Gasteiger partial charge in [0.2, 0.25) is 0 Å². The third-order valence-corrected chi connectivity index (χ3v) is 5.17. The molecule has 0 atom stereocenters. The largest absolute Gasteiger partial charge is 0.467 e. The van der Waals surface area contributed by atoms with E-state index in [4.69, 9.17) is 21.0 Å². The van der Waals surface area contributed by atoms with E-state index >= 15 is 0 Å². The Balaban J connectivity index is 1.59. The normalized spacial score (nSPS) is 11.0. The fourth-order valence-electron chi connectivity index (χ4n) is 2.60. The van der Waals surface area contributed by atoms with Gasteiger partial charge in [0.05, 0.1) is 18.3 Å². The summed E-state index contributed by atoms with van der Waals surface area (Å²) in [5, 5.41) is 5.82. The average Bonchev–Trinajstić information content (AvgIpc) is 3.19. The van der Waals surface area contributed by atoms with Crippen LogP contribution in [0.2, 0.25) is 5.02 Å². The van der Waals surface area contributed by atoms with Crippen LogP contribution in [0.15, 0.2) is 76.5 Å². The fraction of sp³-hybridized carbons (Fsp3) is 0.100. The van der Waals surface area contributed by atoms with E-state index < -0.39 is 0 Å². The van der Waals surface area contributed by atoms with Crippen LogP contribution in [-0.4, -0.2) is 9.97 Å². The Morgan fingerprint density at radius 1 is 0.962 bits per heavy atom. The topological polar surface area (TPSA) is 51.0 Å². The van der Waals surface area contributed by atoms with Crippen molar-refractivity contribution in [2.75, 3.05) is 5.32 Å². The van der Waals surface area contributed by atoms with Crippen molar-refractivity contribution >= 4 is 40.1 Å². The monoisotopic (exact) mass is 381 g/mol. The van der Waals surface area contributed by atoms with Gasteiger partial charge in [0.1, 0.15) is 11.6 Å². The molecule has 26 heavy (non-hydrogen) atoms. The summed E-state index contributed by atoms with van der Waals surface area (Å²) >= 11 is 7.82. The molecular formula is C20H16ClN3OS. The molecule has 0 radical (unpaired) electrons. The molecule has 0 bridgehead atoms. The van der Waals surface area contributed by atoms with Crippen molar-refractivity contribution < 1.29 is 4.42 Å². The summed E-state index contributed by atoms with van der Waals surface area (Å²) in [5.74, 6) is 2.38. The molecule has 2 aromatic carbocycles. The number of anilines is 1. The highest BCUT2D eigenvalue weighted by molar-refractivity contribution is 7.98. The van der Waals surface area contributed by atoms with Crippen LogP contribution in [0.5, 0.6) is 0 Å². The highest BCUT2D eigenvalue weighted by Crippen LogP contribution is 2.28. The van der Waals surface area contributed by atoms with Crippen molar-refractivity contribution in [1.29, 1.82) is 0 Å². The lowest BCUT2D eigenvalue weighted by Gasteiger charge is -2.10. The number of nitrogens with one attached hydrogen (secondary N) is 1. The quantitative estimate of drug-likeness (QED) is 0.339.